The maximum absolute atomic E-state index is 11.7. The molecule has 2 bridgehead atoms. The fourth-order valence-corrected chi connectivity index (χ4v) is 4.79. The Hall–Kier alpha value is -0.840. The second-order valence-corrected chi connectivity index (χ2v) is 6.66. The number of sulfone groups is 1. The van der Waals surface area contributed by atoms with E-state index in [1.165, 1.54) is 13.2 Å². The lowest BCUT2D eigenvalue weighted by atomic mass is 10.1. The molecule has 0 aromatic carbocycles. The van der Waals surface area contributed by atoms with Crippen LogP contribution in [0.4, 0.5) is 0 Å². The Morgan fingerprint density at radius 2 is 1.87 bits per heavy atom. The molecule has 2 atom stereocenters. The average Bonchev–Trinajstić information content (AvgIpc) is 2.42. The predicted octanol–water partition coefficient (Wildman–Crippen LogP) is 0.825. The van der Waals surface area contributed by atoms with Gasteiger partial charge in [-0.05, 0) is 25.7 Å². The maximum Gasteiger partial charge on any atom is 0.330 e. The molecule has 0 radical (unpaired) electrons. The summed E-state index contributed by atoms with van der Waals surface area (Å²) in [6, 6.07) is 0. The summed E-state index contributed by atoms with van der Waals surface area (Å²) >= 11 is 0. The van der Waals surface area contributed by atoms with Crippen molar-refractivity contribution in [2.45, 2.75) is 36.2 Å². The van der Waals surface area contributed by atoms with Gasteiger partial charge in [-0.25, -0.2) is 13.2 Å². The zero-order chi connectivity index (χ0) is 11.1. The van der Waals surface area contributed by atoms with E-state index in [-0.39, 0.29) is 16.5 Å². The number of esters is 1. The van der Waals surface area contributed by atoms with Crippen molar-refractivity contribution in [3.8, 4) is 0 Å². The molecular formula is C10H14O4S. The highest BCUT2D eigenvalue weighted by Gasteiger charge is 2.44. The number of hydrogen-bond donors (Lipinski definition) is 0. The van der Waals surface area contributed by atoms with Gasteiger partial charge in [0.05, 0.1) is 17.6 Å². The molecule has 0 N–H and O–H groups in total. The molecule has 4 nitrogen and oxygen atoms in total. The first-order chi connectivity index (χ1) is 7.04. The van der Waals surface area contributed by atoms with Crippen molar-refractivity contribution < 1.29 is 17.9 Å². The molecule has 2 saturated heterocycles. The van der Waals surface area contributed by atoms with Gasteiger partial charge in [0.15, 0.2) is 9.84 Å². The first-order valence-corrected chi connectivity index (χ1v) is 6.65. The highest BCUT2D eigenvalue weighted by molar-refractivity contribution is 7.93. The van der Waals surface area contributed by atoms with Gasteiger partial charge in [0, 0.05) is 6.08 Å². The van der Waals surface area contributed by atoms with Gasteiger partial charge >= 0.3 is 5.97 Å². The predicted molar refractivity (Wildman–Crippen MR) is 55.1 cm³/mol. The molecule has 15 heavy (non-hydrogen) atoms. The van der Waals surface area contributed by atoms with Gasteiger partial charge in [0.2, 0.25) is 0 Å². The molecule has 2 fully saturated rings. The van der Waals surface area contributed by atoms with Crippen LogP contribution in [0.25, 0.3) is 0 Å². The summed E-state index contributed by atoms with van der Waals surface area (Å²) in [7, 11) is -1.57. The quantitative estimate of drug-likeness (QED) is 0.494. The Morgan fingerprint density at radius 3 is 2.33 bits per heavy atom. The smallest absolute Gasteiger partial charge is 0.330 e. The van der Waals surface area contributed by atoms with Crippen LogP contribution in [-0.2, 0) is 19.4 Å². The normalized spacial score (nSPS) is 32.5. The second-order valence-electron chi connectivity index (χ2n) is 4.14. The Balaban J connectivity index is 2.19. The molecule has 2 unspecified atom stereocenters. The number of fused-ring (bicyclic) bond motifs is 2. The maximum atomic E-state index is 11.7. The number of ether oxygens (including phenoxy) is 1. The van der Waals surface area contributed by atoms with Crippen LogP contribution in [0.3, 0.4) is 0 Å². The number of allylic oxidation sites excluding steroid dienone is 1. The van der Waals surface area contributed by atoms with Crippen LogP contribution in [0.15, 0.2) is 11.6 Å². The van der Waals surface area contributed by atoms with Crippen LogP contribution in [0.5, 0.6) is 0 Å². The zero-order valence-electron chi connectivity index (χ0n) is 8.60. The first-order valence-electron chi connectivity index (χ1n) is 5.04. The third-order valence-corrected chi connectivity index (χ3v) is 5.91. The van der Waals surface area contributed by atoms with Gasteiger partial charge in [0.1, 0.15) is 0 Å². The lowest BCUT2D eigenvalue weighted by Gasteiger charge is -2.21. The minimum absolute atomic E-state index is 0.257. The SMILES string of the molecule is COC(=O)C=C1CC2CCC(C1)S2(=O)=O. The summed E-state index contributed by atoms with van der Waals surface area (Å²) in [5.74, 6) is -0.385. The molecule has 2 aliphatic heterocycles. The monoisotopic (exact) mass is 230 g/mol. The van der Waals surface area contributed by atoms with Crippen LogP contribution in [0.1, 0.15) is 25.7 Å². The van der Waals surface area contributed by atoms with E-state index in [1.54, 1.807) is 0 Å². The van der Waals surface area contributed by atoms with E-state index in [9.17, 15) is 13.2 Å². The fraction of sp³-hybridized carbons (Fsp3) is 0.700. The van der Waals surface area contributed by atoms with Crippen LogP contribution in [0.2, 0.25) is 0 Å². The minimum atomic E-state index is -2.90. The second kappa shape index (κ2) is 3.63. The lowest BCUT2D eigenvalue weighted by Crippen LogP contribution is -2.29. The number of hydrogen-bond acceptors (Lipinski definition) is 4. The Morgan fingerprint density at radius 1 is 1.33 bits per heavy atom. The van der Waals surface area contributed by atoms with E-state index in [1.807, 2.05) is 0 Å². The van der Waals surface area contributed by atoms with Gasteiger partial charge < -0.3 is 4.74 Å². The van der Waals surface area contributed by atoms with Crippen molar-refractivity contribution in [2.24, 2.45) is 0 Å². The summed E-state index contributed by atoms with van der Waals surface area (Å²) < 4.78 is 28.0. The van der Waals surface area contributed by atoms with Gasteiger partial charge in [-0.2, -0.15) is 0 Å². The average molecular weight is 230 g/mol. The van der Waals surface area contributed by atoms with Crippen molar-refractivity contribution >= 4 is 15.8 Å². The largest absolute Gasteiger partial charge is 0.466 e. The third kappa shape index (κ3) is 1.80. The van der Waals surface area contributed by atoms with Gasteiger partial charge in [-0.1, -0.05) is 5.57 Å². The molecule has 2 rings (SSSR count). The molecule has 0 aromatic rings. The van der Waals surface area contributed by atoms with Crippen LogP contribution < -0.4 is 0 Å². The molecule has 84 valence electrons. The zero-order valence-corrected chi connectivity index (χ0v) is 9.42. The first kappa shape index (κ1) is 10.7. The van der Waals surface area contributed by atoms with Gasteiger partial charge in [-0.15, -0.1) is 0 Å². The summed E-state index contributed by atoms with van der Waals surface area (Å²) in [4.78, 5) is 11.0. The van der Waals surface area contributed by atoms with Crippen molar-refractivity contribution in [3.05, 3.63) is 11.6 Å². The van der Waals surface area contributed by atoms with Crippen LogP contribution in [-0.4, -0.2) is 32.0 Å². The summed E-state index contributed by atoms with van der Waals surface area (Å²) in [6.45, 7) is 0. The Kier molecular flexibility index (Phi) is 2.58. The number of rotatable bonds is 1. The molecule has 2 aliphatic rings. The van der Waals surface area contributed by atoms with E-state index in [2.05, 4.69) is 4.74 Å². The lowest BCUT2D eigenvalue weighted by molar-refractivity contribution is -0.134. The van der Waals surface area contributed by atoms with Gasteiger partial charge in [-0.3, -0.25) is 0 Å². The molecule has 0 saturated carbocycles. The summed E-state index contributed by atoms with van der Waals surface area (Å²) in [5.41, 5.74) is 0.921. The van der Waals surface area contributed by atoms with E-state index in [0.717, 1.165) is 18.4 Å². The fourth-order valence-electron chi connectivity index (χ4n) is 2.42. The topological polar surface area (TPSA) is 60.4 Å². The third-order valence-electron chi connectivity index (χ3n) is 3.24. The van der Waals surface area contributed by atoms with Crippen molar-refractivity contribution in [2.75, 3.05) is 7.11 Å². The van der Waals surface area contributed by atoms with Crippen molar-refractivity contribution in [1.82, 2.24) is 0 Å². The van der Waals surface area contributed by atoms with Crippen molar-refractivity contribution in [1.29, 1.82) is 0 Å². The Bertz CT molecular complexity index is 385. The minimum Gasteiger partial charge on any atom is -0.466 e. The van der Waals surface area contributed by atoms with Gasteiger partial charge in [0.25, 0.3) is 0 Å². The standard InChI is InChI=1S/C10H14O4S/c1-14-10(11)6-7-4-8-2-3-9(5-7)15(8,12)13/h6,8-9H,2-5H2,1H3. The molecular weight excluding hydrogens is 216 g/mol. The van der Waals surface area contributed by atoms with Crippen LogP contribution >= 0.6 is 0 Å². The molecule has 0 aromatic heterocycles. The van der Waals surface area contributed by atoms with E-state index < -0.39 is 9.84 Å². The number of carbonyl (C=O) groups excluding carboxylic acids is 1. The van der Waals surface area contributed by atoms with Crippen molar-refractivity contribution in [3.63, 3.8) is 0 Å². The van der Waals surface area contributed by atoms with E-state index in [0.29, 0.717) is 12.8 Å². The number of methoxy groups -OCH3 is 1. The summed E-state index contributed by atoms with van der Waals surface area (Å²) in [5, 5.41) is -0.515. The van der Waals surface area contributed by atoms with E-state index in [4.69, 9.17) is 0 Å². The summed E-state index contributed by atoms with van der Waals surface area (Å²) in [6.07, 6.45) is 3.94. The molecule has 0 spiro atoms. The molecule has 2 heterocycles. The van der Waals surface area contributed by atoms with Crippen LogP contribution in [0, 0.1) is 0 Å². The molecule has 5 heteroatoms. The highest BCUT2D eigenvalue weighted by atomic mass is 32.2. The molecule has 0 aliphatic carbocycles. The van der Waals surface area contributed by atoms with E-state index >= 15 is 0 Å². The number of carbonyl (C=O) groups is 1. The highest BCUT2D eigenvalue weighted by Crippen LogP contribution is 2.40. The Labute approximate surface area is 89.2 Å². The molecule has 0 amide bonds.